The molecule has 1 atom stereocenters. The van der Waals surface area contributed by atoms with Gasteiger partial charge in [-0.2, -0.15) is 0 Å². The molecule has 0 radical (unpaired) electrons. The van der Waals surface area contributed by atoms with E-state index < -0.39 is 6.10 Å². The monoisotopic (exact) mass is 360 g/mol. The molecule has 2 N–H and O–H groups in total. The van der Waals surface area contributed by atoms with Gasteiger partial charge in [-0.3, -0.25) is 14.4 Å². The molecule has 0 bridgehead atoms. The number of carbonyl (C=O) groups is 3. The van der Waals surface area contributed by atoms with Gasteiger partial charge in [0.25, 0.3) is 5.91 Å². The Morgan fingerprint density at radius 1 is 1.04 bits per heavy atom. The van der Waals surface area contributed by atoms with Gasteiger partial charge in [-0.15, -0.1) is 0 Å². The first kappa shape index (κ1) is 19.9. The zero-order valence-corrected chi connectivity index (χ0v) is 15.5. The van der Waals surface area contributed by atoms with Gasteiger partial charge in [0, 0.05) is 24.7 Å². The Morgan fingerprint density at radius 2 is 1.62 bits per heavy atom. The van der Waals surface area contributed by atoms with E-state index >= 15 is 0 Å². The van der Waals surface area contributed by atoms with Crippen molar-refractivity contribution in [2.75, 3.05) is 10.6 Å². The van der Waals surface area contributed by atoms with Crippen LogP contribution in [-0.4, -0.2) is 23.9 Å². The van der Waals surface area contributed by atoms with Gasteiger partial charge in [0.05, 0.1) is 0 Å². The van der Waals surface area contributed by atoms with E-state index in [0.717, 1.165) is 6.42 Å². The summed E-state index contributed by atoms with van der Waals surface area (Å²) in [5, 5.41) is 5.36. The fourth-order valence-corrected chi connectivity index (χ4v) is 3.19. The standard InChI is InChI=1S/C20H28N2O4/c1-14(26-19(24)13-8-16-6-4-3-5-7-16)20(25)22-18-11-9-17(10-12-18)21-15(2)23/h9-12,14,16H,3-8,13H2,1-2H3,(H,21,23)(H,22,25)/t14-/m1/s1. The van der Waals surface area contributed by atoms with Crippen molar-refractivity contribution in [1.29, 1.82) is 0 Å². The lowest BCUT2D eigenvalue weighted by atomic mass is 9.86. The van der Waals surface area contributed by atoms with Crippen LogP contribution in [0.2, 0.25) is 0 Å². The summed E-state index contributed by atoms with van der Waals surface area (Å²) in [6, 6.07) is 6.75. The number of ether oxygens (including phenoxy) is 1. The van der Waals surface area contributed by atoms with Crippen LogP contribution in [0.5, 0.6) is 0 Å². The van der Waals surface area contributed by atoms with Crippen LogP contribution in [0, 0.1) is 5.92 Å². The van der Waals surface area contributed by atoms with Crippen molar-refractivity contribution in [2.45, 2.75) is 64.9 Å². The molecule has 0 saturated heterocycles. The van der Waals surface area contributed by atoms with Crippen LogP contribution >= 0.6 is 0 Å². The molecule has 2 amide bonds. The summed E-state index contributed by atoms with van der Waals surface area (Å²) in [6.07, 6.45) is 6.55. The Hall–Kier alpha value is -2.37. The number of carbonyl (C=O) groups excluding carboxylic acids is 3. The number of amides is 2. The zero-order valence-electron chi connectivity index (χ0n) is 15.5. The highest BCUT2D eigenvalue weighted by molar-refractivity contribution is 5.95. The third-order valence-electron chi connectivity index (χ3n) is 4.63. The fourth-order valence-electron chi connectivity index (χ4n) is 3.19. The number of benzene rings is 1. The molecule has 1 aliphatic carbocycles. The summed E-state index contributed by atoms with van der Waals surface area (Å²) in [7, 11) is 0. The molecule has 1 aromatic rings. The highest BCUT2D eigenvalue weighted by Gasteiger charge is 2.20. The van der Waals surface area contributed by atoms with E-state index in [9.17, 15) is 14.4 Å². The fraction of sp³-hybridized carbons (Fsp3) is 0.550. The van der Waals surface area contributed by atoms with E-state index in [0.29, 0.717) is 23.7 Å². The molecular weight excluding hydrogens is 332 g/mol. The van der Waals surface area contributed by atoms with Gasteiger partial charge in [-0.1, -0.05) is 32.1 Å². The molecule has 0 unspecified atom stereocenters. The lowest BCUT2D eigenvalue weighted by Gasteiger charge is -2.21. The second-order valence-corrected chi connectivity index (χ2v) is 6.92. The van der Waals surface area contributed by atoms with Crippen LogP contribution in [0.15, 0.2) is 24.3 Å². The van der Waals surface area contributed by atoms with Crippen molar-refractivity contribution in [2.24, 2.45) is 5.92 Å². The van der Waals surface area contributed by atoms with Gasteiger partial charge in [-0.25, -0.2) is 0 Å². The normalized spacial score (nSPS) is 15.8. The second-order valence-electron chi connectivity index (χ2n) is 6.92. The molecular formula is C20H28N2O4. The molecule has 6 nitrogen and oxygen atoms in total. The number of anilines is 2. The van der Waals surface area contributed by atoms with Gasteiger partial charge in [-0.05, 0) is 43.5 Å². The van der Waals surface area contributed by atoms with Gasteiger partial charge in [0.2, 0.25) is 5.91 Å². The third-order valence-corrected chi connectivity index (χ3v) is 4.63. The van der Waals surface area contributed by atoms with E-state index in [-0.39, 0.29) is 17.8 Å². The SMILES string of the molecule is CC(=O)Nc1ccc(NC(=O)[C@@H](C)OC(=O)CCC2CCCCC2)cc1. The highest BCUT2D eigenvalue weighted by Crippen LogP contribution is 2.27. The maximum atomic E-state index is 12.2. The molecule has 1 aromatic carbocycles. The Kier molecular flexibility index (Phi) is 7.63. The molecule has 0 heterocycles. The quantitative estimate of drug-likeness (QED) is 0.723. The number of nitrogens with one attached hydrogen (secondary N) is 2. The third kappa shape index (κ3) is 6.86. The number of hydrogen-bond donors (Lipinski definition) is 2. The molecule has 142 valence electrons. The van der Waals surface area contributed by atoms with Crippen LogP contribution in [0.4, 0.5) is 11.4 Å². The van der Waals surface area contributed by atoms with E-state index in [1.807, 2.05) is 0 Å². The minimum Gasteiger partial charge on any atom is -0.453 e. The number of esters is 1. The molecule has 1 fully saturated rings. The van der Waals surface area contributed by atoms with Crippen molar-refractivity contribution in [1.82, 2.24) is 0 Å². The zero-order chi connectivity index (χ0) is 18.9. The van der Waals surface area contributed by atoms with Gasteiger partial charge in [0.15, 0.2) is 6.10 Å². The van der Waals surface area contributed by atoms with Crippen LogP contribution in [-0.2, 0) is 19.1 Å². The molecule has 0 aromatic heterocycles. The predicted molar refractivity (Wildman–Crippen MR) is 101 cm³/mol. The molecule has 26 heavy (non-hydrogen) atoms. The maximum absolute atomic E-state index is 12.2. The molecule has 2 rings (SSSR count). The lowest BCUT2D eigenvalue weighted by Crippen LogP contribution is -2.30. The first-order valence-corrected chi connectivity index (χ1v) is 9.32. The summed E-state index contributed by atoms with van der Waals surface area (Å²) in [6.45, 7) is 3.00. The summed E-state index contributed by atoms with van der Waals surface area (Å²) in [4.78, 5) is 35.1. The van der Waals surface area contributed by atoms with Crippen LogP contribution < -0.4 is 10.6 Å². The minimum atomic E-state index is -0.844. The Morgan fingerprint density at radius 3 is 2.19 bits per heavy atom. The summed E-state index contributed by atoms with van der Waals surface area (Å²) < 4.78 is 5.24. The lowest BCUT2D eigenvalue weighted by molar-refractivity contribution is -0.153. The second kappa shape index (κ2) is 9.94. The summed E-state index contributed by atoms with van der Waals surface area (Å²) in [5.74, 6) is -0.236. The highest BCUT2D eigenvalue weighted by atomic mass is 16.5. The minimum absolute atomic E-state index is 0.157. The molecule has 1 saturated carbocycles. The van der Waals surface area contributed by atoms with Gasteiger partial charge < -0.3 is 15.4 Å². The average Bonchev–Trinajstić information content (AvgIpc) is 2.62. The van der Waals surface area contributed by atoms with Crippen LogP contribution in [0.25, 0.3) is 0 Å². The van der Waals surface area contributed by atoms with E-state index in [1.165, 1.54) is 39.0 Å². The maximum Gasteiger partial charge on any atom is 0.306 e. The smallest absolute Gasteiger partial charge is 0.306 e. The van der Waals surface area contributed by atoms with Crippen LogP contribution in [0.1, 0.15) is 58.8 Å². The Bertz CT molecular complexity index is 621. The van der Waals surface area contributed by atoms with E-state index in [1.54, 1.807) is 31.2 Å². The molecule has 0 spiro atoms. The Labute approximate surface area is 154 Å². The largest absolute Gasteiger partial charge is 0.453 e. The van der Waals surface area contributed by atoms with Crippen molar-refractivity contribution in [3.05, 3.63) is 24.3 Å². The van der Waals surface area contributed by atoms with Crippen molar-refractivity contribution in [3.8, 4) is 0 Å². The van der Waals surface area contributed by atoms with Gasteiger partial charge >= 0.3 is 5.97 Å². The first-order chi connectivity index (χ1) is 12.4. The summed E-state index contributed by atoms with van der Waals surface area (Å²) in [5.41, 5.74) is 1.23. The Balaban J connectivity index is 1.73. The van der Waals surface area contributed by atoms with Crippen molar-refractivity contribution in [3.63, 3.8) is 0 Å². The topological polar surface area (TPSA) is 84.5 Å². The van der Waals surface area contributed by atoms with Crippen LogP contribution in [0.3, 0.4) is 0 Å². The van der Waals surface area contributed by atoms with Crippen molar-refractivity contribution < 1.29 is 19.1 Å². The van der Waals surface area contributed by atoms with Gasteiger partial charge in [0.1, 0.15) is 0 Å². The number of hydrogen-bond acceptors (Lipinski definition) is 4. The van der Waals surface area contributed by atoms with E-state index in [2.05, 4.69) is 10.6 Å². The number of rotatable bonds is 7. The van der Waals surface area contributed by atoms with E-state index in [4.69, 9.17) is 4.74 Å². The first-order valence-electron chi connectivity index (χ1n) is 9.32. The predicted octanol–water partition coefficient (Wildman–Crippen LogP) is 3.88. The molecule has 1 aliphatic rings. The molecule has 0 aliphatic heterocycles. The molecule has 6 heteroatoms. The average molecular weight is 360 g/mol. The van der Waals surface area contributed by atoms with Crippen molar-refractivity contribution >= 4 is 29.2 Å². The summed E-state index contributed by atoms with van der Waals surface area (Å²) >= 11 is 0.